The van der Waals surface area contributed by atoms with Gasteiger partial charge in [-0.1, -0.05) is 6.07 Å². The number of ether oxygens (including phenoxy) is 1. The van der Waals surface area contributed by atoms with Crippen LogP contribution in [0.2, 0.25) is 0 Å². The van der Waals surface area contributed by atoms with E-state index in [-0.39, 0.29) is 11.9 Å². The lowest BCUT2D eigenvalue weighted by Gasteiger charge is -2.33. The van der Waals surface area contributed by atoms with E-state index >= 15 is 0 Å². The first-order chi connectivity index (χ1) is 9.70. The molecule has 0 radical (unpaired) electrons. The average molecular weight is 287 g/mol. The van der Waals surface area contributed by atoms with Crippen molar-refractivity contribution in [1.82, 2.24) is 4.90 Å². The zero-order chi connectivity index (χ0) is 14.1. The van der Waals surface area contributed by atoms with Crippen LogP contribution < -0.4 is 4.74 Å². The molecule has 0 unspecified atom stereocenters. The van der Waals surface area contributed by atoms with E-state index in [0.717, 1.165) is 18.7 Å². The van der Waals surface area contributed by atoms with Gasteiger partial charge in [-0.05, 0) is 48.6 Å². The van der Waals surface area contributed by atoms with E-state index in [1.165, 1.54) is 10.4 Å². The predicted octanol–water partition coefficient (Wildman–Crippen LogP) is 3.52. The van der Waals surface area contributed by atoms with Gasteiger partial charge in [-0.25, -0.2) is 0 Å². The second kappa shape index (κ2) is 5.29. The summed E-state index contributed by atoms with van der Waals surface area (Å²) in [7, 11) is 1.62. The lowest BCUT2D eigenvalue weighted by molar-refractivity contribution is 0.0679. The number of fused-ring (bicyclic) bond motifs is 1. The topological polar surface area (TPSA) is 29.5 Å². The Labute approximate surface area is 122 Å². The van der Waals surface area contributed by atoms with E-state index in [1.54, 1.807) is 24.5 Å². The van der Waals surface area contributed by atoms with Gasteiger partial charge >= 0.3 is 0 Å². The number of rotatable bonds is 2. The van der Waals surface area contributed by atoms with Crippen molar-refractivity contribution in [2.24, 2.45) is 0 Å². The molecule has 0 spiro atoms. The Bertz CT molecular complexity index is 635. The lowest BCUT2D eigenvalue weighted by Crippen LogP contribution is -2.38. The third-order valence-electron chi connectivity index (χ3n) is 3.85. The zero-order valence-electron chi connectivity index (χ0n) is 11.6. The smallest absolute Gasteiger partial charge is 0.254 e. The second-order valence-corrected chi connectivity index (χ2v) is 5.96. The highest BCUT2D eigenvalue weighted by molar-refractivity contribution is 7.10. The van der Waals surface area contributed by atoms with Crippen molar-refractivity contribution in [2.45, 2.75) is 19.4 Å². The van der Waals surface area contributed by atoms with Gasteiger partial charge in [0.2, 0.25) is 0 Å². The fourth-order valence-electron chi connectivity index (χ4n) is 2.71. The molecule has 1 aromatic carbocycles. The van der Waals surface area contributed by atoms with Gasteiger partial charge < -0.3 is 9.64 Å². The van der Waals surface area contributed by atoms with Crippen LogP contribution in [0.1, 0.15) is 33.8 Å². The fourth-order valence-corrected chi connectivity index (χ4v) is 3.67. The fraction of sp³-hybridized carbons (Fsp3) is 0.312. The van der Waals surface area contributed by atoms with Gasteiger partial charge in [-0.2, -0.15) is 0 Å². The Morgan fingerprint density at radius 2 is 2.25 bits per heavy atom. The van der Waals surface area contributed by atoms with Crippen molar-refractivity contribution >= 4 is 17.2 Å². The number of hydrogen-bond donors (Lipinski definition) is 0. The van der Waals surface area contributed by atoms with Crippen LogP contribution >= 0.6 is 11.3 Å². The first kappa shape index (κ1) is 13.2. The normalized spacial score (nSPS) is 17.7. The Balaban J connectivity index is 1.88. The summed E-state index contributed by atoms with van der Waals surface area (Å²) in [6.45, 7) is 2.88. The summed E-state index contributed by atoms with van der Waals surface area (Å²) in [6, 6.07) is 9.64. The molecule has 20 heavy (non-hydrogen) atoms. The van der Waals surface area contributed by atoms with E-state index in [2.05, 4.69) is 18.4 Å². The Morgan fingerprint density at radius 3 is 3.05 bits per heavy atom. The molecule has 0 bridgehead atoms. The second-order valence-electron chi connectivity index (χ2n) is 4.96. The number of carbonyl (C=O) groups is 1. The molecule has 4 heteroatoms. The maximum Gasteiger partial charge on any atom is 0.254 e. The maximum atomic E-state index is 12.7. The van der Waals surface area contributed by atoms with Crippen LogP contribution in [0.3, 0.4) is 0 Å². The lowest BCUT2D eigenvalue weighted by atomic mass is 10.0. The van der Waals surface area contributed by atoms with Crippen LogP contribution in [0, 0.1) is 0 Å². The average Bonchev–Trinajstić information content (AvgIpc) is 2.96. The molecule has 3 nitrogen and oxygen atoms in total. The highest BCUT2D eigenvalue weighted by Gasteiger charge is 2.28. The van der Waals surface area contributed by atoms with E-state index in [9.17, 15) is 4.79 Å². The van der Waals surface area contributed by atoms with Crippen LogP contribution in [0.5, 0.6) is 5.75 Å². The SMILES string of the molecule is COc1cccc(C(=O)N2CCc3sccc3[C@@H]2C)c1. The van der Waals surface area contributed by atoms with Gasteiger partial charge in [-0.3, -0.25) is 4.79 Å². The molecule has 0 saturated heterocycles. The van der Waals surface area contributed by atoms with Crippen molar-refractivity contribution in [3.8, 4) is 5.75 Å². The largest absolute Gasteiger partial charge is 0.497 e. The third kappa shape index (κ3) is 2.20. The Kier molecular flexibility index (Phi) is 3.49. The number of hydrogen-bond acceptors (Lipinski definition) is 3. The van der Waals surface area contributed by atoms with Gasteiger partial charge in [0.1, 0.15) is 5.75 Å². The molecule has 1 aromatic heterocycles. The molecule has 0 saturated carbocycles. The van der Waals surface area contributed by atoms with Gasteiger partial charge in [0.25, 0.3) is 5.91 Å². The number of methoxy groups -OCH3 is 1. The highest BCUT2D eigenvalue weighted by Crippen LogP contribution is 2.33. The molecular weight excluding hydrogens is 270 g/mol. The summed E-state index contributed by atoms with van der Waals surface area (Å²) in [4.78, 5) is 16.0. The molecule has 104 valence electrons. The van der Waals surface area contributed by atoms with Crippen molar-refractivity contribution < 1.29 is 9.53 Å². The summed E-state index contributed by atoms with van der Waals surface area (Å²) >= 11 is 1.79. The number of carbonyl (C=O) groups excluding carboxylic acids is 1. The van der Waals surface area contributed by atoms with Crippen molar-refractivity contribution in [1.29, 1.82) is 0 Å². The van der Waals surface area contributed by atoms with Crippen molar-refractivity contribution in [3.05, 3.63) is 51.7 Å². The molecule has 3 rings (SSSR count). The molecule has 1 amide bonds. The van der Waals surface area contributed by atoms with Gasteiger partial charge in [0, 0.05) is 17.0 Å². The quantitative estimate of drug-likeness (QED) is 0.846. The van der Waals surface area contributed by atoms with Crippen LogP contribution in [-0.4, -0.2) is 24.5 Å². The molecule has 0 fully saturated rings. The standard InChI is InChI=1S/C16H17NO2S/c1-11-14-7-9-20-15(14)6-8-17(11)16(18)12-4-3-5-13(10-12)19-2/h3-5,7,9-11H,6,8H2,1-2H3/t11-/m0/s1. The minimum absolute atomic E-state index is 0.0771. The summed E-state index contributed by atoms with van der Waals surface area (Å²) in [6.07, 6.45) is 0.951. The van der Waals surface area contributed by atoms with E-state index < -0.39 is 0 Å². The minimum atomic E-state index is 0.0771. The zero-order valence-corrected chi connectivity index (χ0v) is 12.4. The first-order valence-corrected chi connectivity index (χ1v) is 7.60. The molecule has 1 aliphatic rings. The first-order valence-electron chi connectivity index (χ1n) is 6.72. The Hall–Kier alpha value is -1.81. The van der Waals surface area contributed by atoms with Gasteiger partial charge in [-0.15, -0.1) is 11.3 Å². The number of thiophene rings is 1. The van der Waals surface area contributed by atoms with Crippen LogP contribution in [0.15, 0.2) is 35.7 Å². The van der Waals surface area contributed by atoms with Crippen LogP contribution in [0.25, 0.3) is 0 Å². The molecule has 1 atom stereocenters. The number of nitrogens with zero attached hydrogens (tertiary/aromatic N) is 1. The molecule has 0 aliphatic carbocycles. The van der Waals surface area contributed by atoms with E-state index in [4.69, 9.17) is 4.74 Å². The van der Waals surface area contributed by atoms with E-state index in [1.807, 2.05) is 23.1 Å². The summed E-state index contributed by atoms with van der Waals surface area (Å²) in [5.41, 5.74) is 1.98. The summed E-state index contributed by atoms with van der Waals surface area (Å²) in [5.74, 6) is 0.796. The highest BCUT2D eigenvalue weighted by atomic mass is 32.1. The molecule has 2 heterocycles. The summed E-state index contributed by atoms with van der Waals surface area (Å²) in [5, 5.41) is 2.11. The molecule has 1 aliphatic heterocycles. The molecule has 2 aromatic rings. The van der Waals surface area contributed by atoms with Crippen molar-refractivity contribution in [2.75, 3.05) is 13.7 Å². The Morgan fingerprint density at radius 1 is 1.40 bits per heavy atom. The molecular formula is C16H17NO2S. The predicted molar refractivity (Wildman–Crippen MR) is 80.5 cm³/mol. The monoisotopic (exact) mass is 287 g/mol. The number of amides is 1. The van der Waals surface area contributed by atoms with Gasteiger partial charge in [0.15, 0.2) is 0 Å². The summed E-state index contributed by atoms with van der Waals surface area (Å²) < 4.78 is 5.19. The van der Waals surface area contributed by atoms with Gasteiger partial charge in [0.05, 0.1) is 13.2 Å². The van der Waals surface area contributed by atoms with E-state index in [0.29, 0.717) is 5.56 Å². The van der Waals surface area contributed by atoms with Crippen LogP contribution in [0.4, 0.5) is 0 Å². The minimum Gasteiger partial charge on any atom is -0.497 e. The van der Waals surface area contributed by atoms with Crippen LogP contribution in [-0.2, 0) is 6.42 Å². The third-order valence-corrected chi connectivity index (χ3v) is 4.85. The maximum absolute atomic E-state index is 12.7. The number of benzene rings is 1. The molecule has 0 N–H and O–H groups in total. The van der Waals surface area contributed by atoms with Crippen molar-refractivity contribution in [3.63, 3.8) is 0 Å².